The summed E-state index contributed by atoms with van der Waals surface area (Å²) in [4.78, 5) is 16.9. The Bertz CT molecular complexity index is 1350. The predicted octanol–water partition coefficient (Wildman–Crippen LogP) is 4.19. The van der Waals surface area contributed by atoms with Crippen LogP contribution >= 0.6 is 11.8 Å². The lowest BCUT2D eigenvalue weighted by atomic mass is 10.2. The third-order valence-electron chi connectivity index (χ3n) is 5.39. The highest BCUT2D eigenvalue weighted by molar-refractivity contribution is 7.99. The van der Waals surface area contributed by atoms with Crippen LogP contribution in [0.3, 0.4) is 0 Å². The number of nitrogens with zero attached hydrogens (tertiary/aromatic N) is 6. The second-order valence-electron chi connectivity index (χ2n) is 7.49. The van der Waals surface area contributed by atoms with Crippen LogP contribution in [0.5, 0.6) is 0 Å². The van der Waals surface area contributed by atoms with Crippen molar-refractivity contribution in [2.45, 2.75) is 32.1 Å². The third kappa shape index (κ3) is 4.65. The summed E-state index contributed by atoms with van der Waals surface area (Å²) in [5.74, 6) is 1.72. The number of hydrogen-bond donors (Lipinski definition) is 1. The van der Waals surface area contributed by atoms with Crippen LogP contribution in [0.4, 0.5) is 5.82 Å². The number of hydrogen-bond acceptors (Lipinski definition) is 7. The summed E-state index contributed by atoms with van der Waals surface area (Å²) < 4.78 is 9.25. The Hall–Kier alpha value is -4.10. The number of aromatic nitrogens is 5. The molecule has 0 radical (unpaired) electrons. The van der Waals surface area contributed by atoms with Crippen LogP contribution in [0, 0.1) is 25.2 Å². The Morgan fingerprint density at radius 1 is 1.26 bits per heavy atom. The van der Waals surface area contributed by atoms with Gasteiger partial charge in [-0.3, -0.25) is 14.3 Å². The molecule has 4 aromatic rings. The molecule has 0 unspecified atom stereocenters. The predicted molar refractivity (Wildman–Crippen MR) is 129 cm³/mol. The maximum Gasteiger partial charge on any atom is 0.235 e. The Morgan fingerprint density at radius 2 is 2.06 bits per heavy atom. The molecule has 0 atom stereocenters. The van der Waals surface area contributed by atoms with Crippen molar-refractivity contribution < 1.29 is 9.21 Å². The van der Waals surface area contributed by atoms with Crippen molar-refractivity contribution in [3.8, 4) is 17.5 Å². The van der Waals surface area contributed by atoms with Crippen molar-refractivity contribution in [3.63, 3.8) is 0 Å². The molecule has 0 saturated carbocycles. The summed E-state index contributed by atoms with van der Waals surface area (Å²) in [5, 5.41) is 21.8. The molecular weight excluding hydrogens is 450 g/mol. The molecule has 9 nitrogen and oxygen atoms in total. The maximum absolute atomic E-state index is 12.9. The quantitative estimate of drug-likeness (QED) is 0.286. The van der Waals surface area contributed by atoms with Gasteiger partial charge in [0.1, 0.15) is 17.6 Å². The largest absolute Gasteiger partial charge is 0.467 e. The first-order valence-corrected chi connectivity index (χ1v) is 11.5. The lowest BCUT2D eigenvalue weighted by Crippen LogP contribution is -2.19. The second-order valence-corrected chi connectivity index (χ2v) is 8.43. The van der Waals surface area contributed by atoms with Crippen LogP contribution in [0.1, 0.15) is 22.6 Å². The molecule has 0 spiro atoms. The van der Waals surface area contributed by atoms with Crippen LogP contribution in [0.2, 0.25) is 0 Å². The summed E-state index contributed by atoms with van der Waals surface area (Å²) in [6, 6.07) is 9.58. The average Bonchev–Trinajstić information content (AvgIpc) is 3.55. The van der Waals surface area contributed by atoms with Gasteiger partial charge < -0.3 is 14.3 Å². The number of furan rings is 1. The summed E-state index contributed by atoms with van der Waals surface area (Å²) in [7, 11) is 0. The zero-order valence-electron chi connectivity index (χ0n) is 18.9. The summed E-state index contributed by atoms with van der Waals surface area (Å²) in [5.41, 5.74) is 3.03. The van der Waals surface area contributed by atoms with Gasteiger partial charge in [-0.2, -0.15) is 5.26 Å². The second kappa shape index (κ2) is 10.2. The highest BCUT2D eigenvalue weighted by Gasteiger charge is 2.21. The number of pyridine rings is 1. The molecule has 1 N–H and O–H groups in total. The Kier molecular flexibility index (Phi) is 6.94. The Morgan fingerprint density at radius 3 is 2.74 bits per heavy atom. The van der Waals surface area contributed by atoms with Gasteiger partial charge in [0.05, 0.1) is 24.1 Å². The number of carbonyl (C=O) groups is 1. The standard InChI is InChI=1S/C24H23N7O2S/c1-4-11-30-22(18-7-9-26-10-8-18)28-29-24(30)34-15-21(32)27-23-20(13-25)16(2)17(3)31(23)14-19-6-5-12-33-19/h4-10,12H,1,11,14-15H2,2-3H3,(H,27,32). The Balaban J connectivity index is 1.53. The summed E-state index contributed by atoms with van der Waals surface area (Å²) >= 11 is 1.27. The number of amides is 1. The van der Waals surface area contributed by atoms with Gasteiger partial charge >= 0.3 is 0 Å². The number of thioether (sulfide) groups is 1. The molecule has 1 amide bonds. The van der Waals surface area contributed by atoms with Gasteiger partial charge in [0.2, 0.25) is 5.91 Å². The molecule has 34 heavy (non-hydrogen) atoms. The van der Waals surface area contributed by atoms with Gasteiger partial charge in [-0.05, 0) is 43.7 Å². The van der Waals surface area contributed by atoms with Gasteiger partial charge in [0.25, 0.3) is 0 Å². The highest BCUT2D eigenvalue weighted by Crippen LogP contribution is 2.28. The first kappa shape index (κ1) is 23.1. The fourth-order valence-corrected chi connectivity index (χ4v) is 4.34. The van der Waals surface area contributed by atoms with Gasteiger partial charge in [0.15, 0.2) is 11.0 Å². The van der Waals surface area contributed by atoms with Gasteiger partial charge in [-0.15, -0.1) is 16.8 Å². The van der Waals surface area contributed by atoms with Crippen molar-refractivity contribution in [1.29, 1.82) is 5.26 Å². The van der Waals surface area contributed by atoms with Crippen LogP contribution in [0.25, 0.3) is 11.4 Å². The van der Waals surface area contributed by atoms with E-state index in [0.717, 1.165) is 22.6 Å². The third-order valence-corrected chi connectivity index (χ3v) is 6.36. The number of nitriles is 1. The molecule has 4 heterocycles. The maximum atomic E-state index is 12.9. The summed E-state index contributed by atoms with van der Waals surface area (Å²) in [6.45, 7) is 8.51. The average molecular weight is 474 g/mol. The van der Waals surface area contributed by atoms with E-state index in [1.165, 1.54) is 11.8 Å². The molecule has 0 aliphatic rings. The Labute approximate surface area is 201 Å². The molecule has 172 valence electrons. The minimum absolute atomic E-state index is 0.0977. The number of rotatable bonds is 9. The van der Waals surface area contributed by atoms with Crippen molar-refractivity contribution in [2.75, 3.05) is 11.1 Å². The van der Waals surface area contributed by atoms with Crippen molar-refractivity contribution >= 4 is 23.5 Å². The van der Waals surface area contributed by atoms with Gasteiger partial charge in [-0.1, -0.05) is 17.8 Å². The van der Waals surface area contributed by atoms with E-state index >= 15 is 0 Å². The van der Waals surface area contributed by atoms with Crippen LogP contribution in [-0.2, 0) is 17.9 Å². The highest BCUT2D eigenvalue weighted by atomic mass is 32.2. The lowest BCUT2D eigenvalue weighted by Gasteiger charge is -2.12. The molecule has 4 rings (SSSR count). The van der Waals surface area contributed by atoms with E-state index in [1.54, 1.807) is 30.8 Å². The van der Waals surface area contributed by atoms with Crippen LogP contribution < -0.4 is 5.32 Å². The van der Waals surface area contributed by atoms with E-state index < -0.39 is 0 Å². The number of allylic oxidation sites excluding steroid dienone is 1. The zero-order chi connectivity index (χ0) is 24.1. The fourth-order valence-electron chi connectivity index (χ4n) is 3.59. The molecule has 0 fully saturated rings. The molecule has 0 saturated heterocycles. The lowest BCUT2D eigenvalue weighted by molar-refractivity contribution is -0.113. The zero-order valence-corrected chi connectivity index (χ0v) is 19.7. The fraction of sp³-hybridized carbons (Fsp3) is 0.208. The van der Waals surface area contributed by atoms with E-state index in [-0.39, 0.29) is 11.7 Å². The smallest absolute Gasteiger partial charge is 0.235 e. The van der Waals surface area contributed by atoms with E-state index in [9.17, 15) is 10.1 Å². The van der Waals surface area contributed by atoms with E-state index in [1.807, 2.05) is 41.2 Å². The van der Waals surface area contributed by atoms with Gasteiger partial charge in [0, 0.05) is 30.2 Å². The minimum Gasteiger partial charge on any atom is -0.467 e. The minimum atomic E-state index is -0.252. The van der Waals surface area contributed by atoms with Gasteiger partial charge in [-0.25, -0.2) is 0 Å². The first-order valence-electron chi connectivity index (χ1n) is 10.5. The number of nitrogens with one attached hydrogen (secondary N) is 1. The van der Waals surface area contributed by atoms with E-state index in [4.69, 9.17) is 4.42 Å². The van der Waals surface area contributed by atoms with E-state index in [2.05, 4.69) is 33.1 Å². The number of carbonyl (C=O) groups excluding carboxylic acids is 1. The molecule has 4 aromatic heterocycles. The van der Waals surface area contributed by atoms with Crippen LogP contribution in [-0.4, -0.2) is 36.0 Å². The summed E-state index contributed by atoms with van der Waals surface area (Å²) in [6.07, 6.45) is 6.74. The molecule has 0 aromatic carbocycles. The van der Waals surface area contributed by atoms with Crippen molar-refractivity contribution in [3.05, 3.63) is 78.2 Å². The SMILES string of the molecule is C=CCn1c(SCC(=O)Nc2c(C#N)c(C)c(C)n2Cc2ccco2)nnc1-c1ccncc1. The topological polar surface area (TPSA) is 115 Å². The monoisotopic (exact) mass is 473 g/mol. The van der Waals surface area contributed by atoms with Crippen molar-refractivity contribution in [2.24, 2.45) is 0 Å². The molecule has 0 aliphatic carbocycles. The first-order chi connectivity index (χ1) is 16.5. The number of anilines is 1. The van der Waals surface area contributed by atoms with Crippen LogP contribution in [0.15, 0.2) is 65.2 Å². The normalized spacial score (nSPS) is 10.7. The molecular formula is C24H23N7O2S. The molecule has 0 bridgehead atoms. The van der Waals surface area contributed by atoms with Crippen molar-refractivity contribution in [1.82, 2.24) is 24.3 Å². The van der Waals surface area contributed by atoms with E-state index in [0.29, 0.717) is 35.5 Å². The molecule has 0 aliphatic heterocycles. The molecule has 10 heteroatoms.